The number of hydrogen-bond acceptors (Lipinski definition) is 5. The Morgan fingerprint density at radius 2 is 2.43 bits per heavy atom. The van der Waals surface area contributed by atoms with Gasteiger partial charge in [0, 0.05) is 36.9 Å². The lowest BCUT2D eigenvalue weighted by atomic mass is 10.2. The number of rotatable bonds is 6. The standard InChI is InChI=1S/C14H20BrN5O/c1-21-8-7-19(10-12-3-2-6-16-12)14-17-13-5-4-11(15)9-20(13)18-14/h4-5,9,12,16H,2-3,6-8,10H2,1H3. The van der Waals surface area contributed by atoms with Crippen LogP contribution in [-0.4, -0.2) is 54.0 Å². The summed E-state index contributed by atoms with van der Waals surface area (Å²) < 4.78 is 8.02. The van der Waals surface area contributed by atoms with E-state index in [4.69, 9.17) is 4.74 Å². The van der Waals surface area contributed by atoms with Gasteiger partial charge in [0.2, 0.25) is 5.95 Å². The van der Waals surface area contributed by atoms with Gasteiger partial charge in [0.15, 0.2) is 5.65 Å². The number of nitrogens with zero attached hydrogens (tertiary/aromatic N) is 4. The van der Waals surface area contributed by atoms with E-state index in [1.54, 1.807) is 11.6 Å². The molecule has 7 heteroatoms. The summed E-state index contributed by atoms with van der Waals surface area (Å²) in [6.45, 7) is 3.49. The average Bonchev–Trinajstić information content (AvgIpc) is 3.11. The summed E-state index contributed by atoms with van der Waals surface area (Å²) in [4.78, 5) is 6.82. The van der Waals surface area contributed by atoms with E-state index >= 15 is 0 Å². The molecule has 114 valence electrons. The van der Waals surface area contributed by atoms with Crippen molar-refractivity contribution in [1.29, 1.82) is 0 Å². The highest BCUT2D eigenvalue weighted by atomic mass is 79.9. The van der Waals surface area contributed by atoms with Crippen LogP contribution in [0.25, 0.3) is 5.65 Å². The van der Waals surface area contributed by atoms with Crippen molar-refractivity contribution in [3.05, 3.63) is 22.8 Å². The first-order valence-corrected chi connectivity index (χ1v) is 8.05. The molecule has 2 aromatic heterocycles. The summed E-state index contributed by atoms with van der Waals surface area (Å²) in [5, 5.41) is 8.11. The minimum Gasteiger partial charge on any atom is -0.383 e. The maximum absolute atomic E-state index is 5.22. The Bertz CT molecular complexity index is 596. The second-order valence-electron chi connectivity index (χ2n) is 5.29. The molecule has 0 aromatic carbocycles. The first-order valence-electron chi connectivity index (χ1n) is 7.25. The molecule has 0 aliphatic carbocycles. The number of nitrogens with one attached hydrogen (secondary N) is 1. The van der Waals surface area contributed by atoms with Crippen molar-refractivity contribution in [3.63, 3.8) is 0 Å². The van der Waals surface area contributed by atoms with Gasteiger partial charge < -0.3 is 15.0 Å². The van der Waals surface area contributed by atoms with Gasteiger partial charge in [0.1, 0.15) is 0 Å². The fourth-order valence-electron chi connectivity index (χ4n) is 2.63. The third kappa shape index (κ3) is 3.53. The SMILES string of the molecule is COCCN(CC1CCCN1)c1nc2ccc(Br)cn2n1. The van der Waals surface area contributed by atoms with Crippen LogP contribution in [0.5, 0.6) is 0 Å². The molecule has 3 rings (SSSR count). The van der Waals surface area contributed by atoms with Gasteiger partial charge in [0.25, 0.3) is 0 Å². The fourth-order valence-corrected chi connectivity index (χ4v) is 2.96. The zero-order valence-electron chi connectivity index (χ0n) is 12.1. The monoisotopic (exact) mass is 353 g/mol. The van der Waals surface area contributed by atoms with Gasteiger partial charge in [-0.3, -0.25) is 0 Å². The predicted molar refractivity (Wildman–Crippen MR) is 85.8 cm³/mol. The van der Waals surface area contributed by atoms with Crippen LogP contribution >= 0.6 is 15.9 Å². The van der Waals surface area contributed by atoms with Crippen molar-refractivity contribution in [1.82, 2.24) is 19.9 Å². The van der Waals surface area contributed by atoms with Crippen molar-refractivity contribution in [2.75, 3.05) is 38.3 Å². The van der Waals surface area contributed by atoms with Crippen molar-refractivity contribution in [2.24, 2.45) is 0 Å². The Kier molecular flexibility index (Phi) is 4.72. The fraction of sp³-hybridized carbons (Fsp3) is 0.571. The van der Waals surface area contributed by atoms with Gasteiger partial charge in [-0.2, -0.15) is 4.98 Å². The van der Waals surface area contributed by atoms with Crippen LogP contribution in [0.15, 0.2) is 22.8 Å². The van der Waals surface area contributed by atoms with Crippen molar-refractivity contribution < 1.29 is 4.74 Å². The highest BCUT2D eigenvalue weighted by Crippen LogP contribution is 2.16. The molecule has 0 saturated carbocycles. The van der Waals surface area contributed by atoms with Gasteiger partial charge in [-0.05, 0) is 47.4 Å². The average molecular weight is 354 g/mol. The predicted octanol–water partition coefficient (Wildman–Crippen LogP) is 1.70. The lowest BCUT2D eigenvalue weighted by molar-refractivity contribution is 0.204. The van der Waals surface area contributed by atoms with E-state index in [1.165, 1.54) is 12.8 Å². The van der Waals surface area contributed by atoms with Crippen molar-refractivity contribution in [3.8, 4) is 0 Å². The molecular weight excluding hydrogens is 334 g/mol. The first-order chi connectivity index (χ1) is 10.3. The smallest absolute Gasteiger partial charge is 0.245 e. The molecule has 1 fully saturated rings. The van der Waals surface area contributed by atoms with Crippen LogP contribution < -0.4 is 10.2 Å². The largest absolute Gasteiger partial charge is 0.383 e. The van der Waals surface area contributed by atoms with E-state index in [-0.39, 0.29) is 0 Å². The lowest BCUT2D eigenvalue weighted by Gasteiger charge is -2.24. The molecule has 1 N–H and O–H groups in total. The van der Waals surface area contributed by atoms with E-state index in [9.17, 15) is 0 Å². The molecule has 21 heavy (non-hydrogen) atoms. The number of pyridine rings is 1. The Morgan fingerprint density at radius 3 is 3.19 bits per heavy atom. The van der Waals surface area contributed by atoms with Gasteiger partial charge in [-0.25, -0.2) is 4.52 Å². The molecule has 3 heterocycles. The third-order valence-corrected chi connectivity index (χ3v) is 4.20. The number of ether oxygens (including phenoxy) is 1. The summed E-state index contributed by atoms with van der Waals surface area (Å²) >= 11 is 3.46. The topological polar surface area (TPSA) is 54.7 Å². The molecule has 6 nitrogen and oxygen atoms in total. The normalized spacial score (nSPS) is 18.5. The van der Waals surface area contributed by atoms with Crippen molar-refractivity contribution >= 4 is 27.5 Å². The number of aromatic nitrogens is 3. The van der Waals surface area contributed by atoms with Gasteiger partial charge in [0.05, 0.1) is 6.61 Å². The summed E-state index contributed by atoms with van der Waals surface area (Å²) in [6.07, 6.45) is 4.38. The minimum absolute atomic E-state index is 0.514. The summed E-state index contributed by atoms with van der Waals surface area (Å²) in [5.41, 5.74) is 0.856. The highest BCUT2D eigenvalue weighted by molar-refractivity contribution is 9.10. The third-order valence-electron chi connectivity index (χ3n) is 3.74. The Balaban J connectivity index is 1.81. The van der Waals surface area contributed by atoms with Crippen molar-refractivity contribution in [2.45, 2.75) is 18.9 Å². The first kappa shape index (κ1) is 14.7. The highest BCUT2D eigenvalue weighted by Gasteiger charge is 2.20. The minimum atomic E-state index is 0.514. The van der Waals surface area contributed by atoms with E-state index < -0.39 is 0 Å². The number of hydrogen-bond donors (Lipinski definition) is 1. The Morgan fingerprint density at radius 1 is 1.52 bits per heavy atom. The summed E-state index contributed by atoms with van der Waals surface area (Å²) in [7, 11) is 1.72. The maximum Gasteiger partial charge on any atom is 0.245 e. The van der Waals surface area contributed by atoms with Crippen LogP contribution in [0.1, 0.15) is 12.8 Å². The van der Waals surface area contributed by atoms with Crippen LogP contribution in [-0.2, 0) is 4.74 Å². The van der Waals surface area contributed by atoms with Crippen LogP contribution in [0.2, 0.25) is 0 Å². The molecule has 2 aromatic rings. The number of halogens is 1. The van der Waals surface area contributed by atoms with E-state index in [1.807, 2.05) is 18.3 Å². The zero-order valence-corrected chi connectivity index (χ0v) is 13.7. The molecule has 1 unspecified atom stereocenters. The molecule has 0 radical (unpaired) electrons. The second-order valence-corrected chi connectivity index (χ2v) is 6.21. The Labute approximate surface area is 132 Å². The van der Waals surface area contributed by atoms with Gasteiger partial charge >= 0.3 is 0 Å². The van der Waals surface area contributed by atoms with E-state index in [0.29, 0.717) is 12.6 Å². The molecular formula is C14H20BrN5O. The Hall–Kier alpha value is -1.18. The summed E-state index contributed by atoms with van der Waals surface area (Å²) in [6, 6.07) is 4.45. The molecule has 0 bridgehead atoms. The molecule has 0 amide bonds. The molecule has 1 saturated heterocycles. The second kappa shape index (κ2) is 6.72. The van der Waals surface area contributed by atoms with Gasteiger partial charge in [-0.15, -0.1) is 5.10 Å². The zero-order chi connectivity index (χ0) is 14.7. The molecule has 1 aliphatic rings. The molecule has 1 aliphatic heterocycles. The van der Waals surface area contributed by atoms with E-state index in [0.717, 1.165) is 35.7 Å². The van der Waals surface area contributed by atoms with E-state index in [2.05, 4.69) is 36.2 Å². The van der Waals surface area contributed by atoms with Gasteiger partial charge in [-0.1, -0.05) is 0 Å². The molecule has 0 spiro atoms. The number of anilines is 1. The van der Waals surface area contributed by atoms with Crippen LogP contribution in [0.4, 0.5) is 5.95 Å². The van der Waals surface area contributed by atoms with Crippen LogP contribution in [0.3, 0.4) is 0 Å². The van der Waals surface area contributed by atoms with Crippen LogP contribution in [0, 0.1) is 0 Å². The maximum atomic E-state index is 5.22. The number of fused-ring (bicyclic) bond motifs is 1. The summed E-state index contributed by atoms with van der Waals surface area (Å²) in [5.74, 6) is 0.763. The molecule has 1 atom stereocenters. The quantitative estimate of drug-likeness (QED) is 0.856. The lowest BCUT2D eigenvalue weighted by Crippen LogP contribution is -2.39. The number of methoxy groups -OCH3 is 1.